The van der Waals surface area contributed by atoms with Crippen LogP contribution in [-0.2, 0) is 10.5 Å². The minimum absolute atomic E-state index is 0.102. The number of hydrogen-bond acceptors (Lipinski definition) is 5. The Kier molecular flexibility index (Phi) is 5.89. The van der Waals surface area contributed by atoms with Crippen molar-refractivity contribution < 1.29 is 14.3 Å². The molecule has 1 aromatic heterocycles. The molecule has 1 aromatic carbocycles. The lowest BCUT2D eigenvalue weighted by Crippen LogP contribution is -2.15. The molecule has 5 nitrogen and oxygen atoms in total. The molecule has 0 aliphatic rings. The van der Waals surface area contributed by atoms with Crippen molar-refractivity contribution in [3.63, 3.8) is 0 Å². The maximum absolute atomic E-state index is 12.1. The summed E-state index contributed by atoms with van der Waals surface area (Å²) < 4.78 is 10.5. The van der Waals surface area contributed by atoms with E-state index in [1.165, 1.54) is 18.1 Å². The third kappa shape index (κ3) is 4.27. The molecule has 6 heteroatoms. The van der Waals surface area contributed by atoms with Crippen LogP contribution >= 0.6 is 11.8 Å². The first-order chi connectivity index (χ1) is 10.6. The number of methoxy groups -OCH3 is 1. The fourth-order valence-electron chi connectivity index (χ4n) is 1.74. The molecule has 1 unspecified atom stereocenters. The van der Waals surface area contributed by atoms with Gasteiger partial charge in [0, 0.05) is 5.75 Å². The van der Waals surface area contributed by atoms with E-state index < -0.39 is 0 Å². The van der Waals surface area contributed by atoms with Crippen LogP contribution in [0, 0.1) is 0 Å². The smallest absolute Gasteiger partial charge is 0.357 e. The Morgan fingerprint density at radius 2 is 2.09 bits per heavy atom. The third-order valence-electron chi connectivity index (χ3n) is 3.23. The van der Waals surface area contributed by atoms with Gasteiger partial charge in [-0.3, -0.25) is 0 Å². The molecular formula is C16H20N2O3S. The van der Waals surface area contributed by atoms with Gasteiger partial charge in [-0.05, 0) is 31.0 Å². The number of carbonyl (C=O) groups is 1. The molecule has 118 valence electrons. The van der Waals surface area contributed by atoms with Gasteiger partial charge in [-0.1, -0.05) is 30.8 Å². The molecule has 1 N–H and O–H groups in total. The van der Waals surface area contributed by atoms with Crippen molar-refractivity contribution in [2.45, 2.75) is 37.2 Å². The number of nitrogens with one attached hydrogen (secondary N) is 1. The van der Waals surface area contributed by atoms with Gasteiger partial charge in [0.25, 0.3) is 0 Å². The first-order valence-electron chi connectivity index (χ1n) is 7.14. The summed E-state index contributed by atoms with van der Waals surface area (Å²) in [6.45, 7) is 3.85. The van der Waals surface area contributed by atoms with Gasteiger partial charge in [-0.15, -0.1) is 0 Å². The zero-order valence-electron chi connectivity index (χ0n) is 13.0. The zero-order chi connectivity index (χ0) is 15.9. The number of benzene rings is 1. The first kappa shape index (κ1) is 16.4. The summed E-state index contributed by atoms with van der Waals surface area (Å²) in [4.78, 5) is 19.1. The average molecular weight is 320 g/mol. The highest BCUT2D eigenvalue weighted by molar-refractivity contribution is 7.98. The number of rotatable bonds is 7. The highest BCUT2D eigenvalue weighted by Gasteiger charge is 2.18. The number of aromatic amines is 1. The fourth-order valence-corrected chi connectivity index (χ4v) is 2.65. The van der Waals surface area contributed by atoms with Gasteiger partial charge >= 0.3 is 5.97 Å². The van der Waals surface area contributed by atoms with Crippen molar-refractivity contribution in [1.82, 2.24) is 9.97 Å². The normalized spacial score (nSPS) is 12.0. The van der Waals surface area contributed by atoms with Gasteiger partial charge in [-0.25, -0.2) is 9.78 Å². The number of thioether (sulfide) groups is 1. The summed E-state index contributed by atoms with van der Waals surface area (Å²) in [6, 6.07) is 7.82. The Morgan fingerprint density at radius 3 is 2.73 bits per heavy atom. The van der Waals surface area contributed by atoms with E-state index in [0.717, 1.165) is 23.5 Å². The van der Waals surface area contributed by atoms with Gasteiger partial charge in [0.1, 0.15) is 10.8 Å². The SMILES string of the molecule is CCC(C)OC(=O)c1[nH]cnc1SCc1ccc(OC)cc1. The van der Waals surface area contributed by atoms with Crippen LogP contribution in [0.5, 0.6) is 5.75 Å². The van der Waals surface area contributed by atoms with Crippen LogP contribution in [0.2, 0.25) is 0 Å². The number of ether oxygens (including phenoxy) is 2. The predicted molar refractivity (Wildman–Crippen MR) is 86.3 cm³/mol. The maximum Gasteiger partial charge on any atom is 0.357 e. The summed E-state index contributed by atoms with van der Waals surface area (Å²) in [7, 11) is 1.64. The van der Waals surface area contributed by atoms with E-state index in [1.54, 1.807) is 7.11 Å². The van der Waals surface area contributed by atoms with Crippen molar-refractivity contribution in [2.24, 2.45) is 0 Å². The van der Waals surface area contributed by atoms with E-state index >= 15 is 0 Å². The molecule has 0 bridgehead atoms. The van der Waals surface area contributed by atoms with Crippen molar-refractivity contribution in [3.8, 4) is 5.75 Å². The predicted octanol–water partition coefficient (Wildman–Crippen LogP) is 3.67. The monoisotopic (exact) mass is 320 g/mol. The summed E-state index contributed by atoms with van der Waals surface area (Å²) in [6.07, 6.45) is 2.20. The molecule has 0 radical (unpaired) electrons. The van der Waals surface area contributed by atoms with Crippen molar-refractivity contribution in [1.29, 1.82) is 0 Å². The molecule has 1 atom stereocenters. The quantitative estimate of drug-likeness (QED) is 0.623. The van der Waals surface area contributed by atoms with Crippen LogP contribution in [-0.4, -0.2) is 29.2 Å². The highest BCUT2D eigenvalue weighted by Crippen LogP contribution is 2.25. The van der Waals surface area contributed by atoms with Crippen LogP contribution in [0.15, 0.2) is 35.6 Å². The largest absolute Gasteiger partial charge is 0.497 e. The van der Waals surface area contributed by atoms with Crippen molar-refractivity contribution in [3.05, 3.63) is 41.9 Å². The zero-order valence-corrected chi connectivity index (χ0v) is 13.8. The number of esters is 1. The van der Waals surface area contributed by atoms with Crippen LogP contribution in [0.25, 0.3) is 0 Å². The fraction of sp³-hybridized carbons (Fsp3) is 0.375. The minimum Gasteiger partial charge on any atom is -0.497 e. The summed E-state index contributed by atoms with van der Waals surface area (Å²) >= 11 is 1.50. The van der Waals surface area contributed by atoms with Crippen molar-refractivity contribution in [2.75, 3.05) is 7.11 Å². The van der Waals surface area contributed by atoms with E-state index in [1.807, 2.05) is 38.1 Å². The molecule has 1 heterocycles. The second-order valence-electron chi connectivity index (χ2n) is 4.84. The first-order valence-corrected chi connectivity index (χ1v) is 8.12. The van der Waals surface area contributed by atoms with Crippen molar-refractivity contribution >= 4 is 17.7 Å². The Morgan fingerprint density at radius 1 is 1.36 bits per heavy atom. The third-order valence-corrected chi connectivity index (χ3v) is 4.29. The van der Waals surface area contributed by atoms with Gasteiger partial charge in [0.2, 0.25) is 0 Å². The second kappa shape index (κ2) is 7.89. The Hall–Kier alpha value is -1.95. The number of hydrogen-bond donors (Lipinski definition) is 1. The number of aromatic nitrogens is 2. The second-order valence-corrected chi connectivity index (χ2v) is 5.81. The average Bonchev–Trinajstić information content (AvgIpc) is 3.01. The molecule has 0 spiro atoms. The van der Waals surface area contributed by atoms with Gasteiger partial charge < -0.3 is 14.5 Å². The summed E-state index contributed by atoms with van der Waals surface area (Å²) in [5, 5.41) is 0.657. The molecule has 2 rings (SSSR count). The highest BCUT2D eigenvalue weighted by atomic mass is 32.2. The lowest BCUT2D eigenvalue weighted by molar-refractivity contribution is 0.0323. The van der Waals surface area contributed by atoms with Crippen LogP contribution in [0.1, 0.15) is 36.3 Å². The topological polar surface area (TPSA) is 64.2 Å². The maximum atomic E-state index is 12.1. The molecular weight excluding hydrogens is 300 g/mol. The lowest BCUT2D eigenvalue weighted by Gasteiger charge is -2.10. The van der Waals surface area contributed by atoms with Gasteiger partial charge in [-0.2, -0.15) is 0 Å². The van der Waals surface area contributed by atoms with E-state index in [0.29, 0.717) is 10.7 Å². The Labute approximate surface area is 134 Å². The molecule has 0 amide bonds. The number of carbonyl (C=O) groups excluding carboxylic acids is 1. The lowest BCUT2D eigenvalue weighted by atomic mass is 10.2. The molecule has 0 fully saturated rings. The van der Waals surface area contributed by atoms with E-state index in [-0.39, 0.29) is 12.1 Å². The van der Waals surface area contributed by atoms with E-state index in [9.17, 15) is 4.79 Å². The summed E-state index contributed by atoms with van der Waals surface area (Å²) in [5.41, 5.74) is 1.55. The van der Waals surface area contributed by atoms with E-state index in [4.69, 9.17) is 9.47 Å². The standard InChI is InChI=1S/C16H20N2O3S/c1-4-11(2)21-16(19)14-15(18-10-17-14)22-9-12-5-7-13(20-3)8-6-12/h5-8,10-11H,4,9H2,1-3H3,(H,17,18). The number of imidazole rings is 1. The number of H-pyrrole nitrogens is 1. The summed E-state index contributed by atoms with van der Waals surface area (Å²) in [5.74, 6) is 1.19. The molecule has 0 saturated carbocycles. The molecule has 0 aliphatic carbocycles. The molecule has 22 heavy (non-hydrogen) atoms. The Bertz CT molecular complexity index is 610. The van der Waals surface area contributed by atoms with E-state index in [2.05, 4.69) is 9.97 Å². The Balaban J connectivity index is 1.98. The molecule has 2 aromatic rings. The molecule has 0 aliphatic heterocycles. The van der Waals surface area contributed by atoms with Crippen LogP contribution < -0.4 is 4.74 Å². The number of nitrogens with zero attached hydrogens (tertiary/aromatic N) is 1. The van der Waals surface area contributed by atoms with Gasteiger partial charge in [0.15, 0.2) is 5.69 Å². The van der Waals surface area contributed by atoms with Crippen LogP contribution in [0.4, 0.5) is 0 Å². The molecule has 0 saturated heterocycles. The minimum atomic E-state index is -0.357. The van der Waals surface area contributed by atoms with Crippen LogP contribution in [0.3, 0.4) is 0 Å². The van der Waals surface area contributed by atoms with Gasteiger partial charge in [0.05, 0.1) is 19.5 Å².